The topological polar surface area (TPSA) is 84.7 Å². The molecule has 35 heavy (non-hydrogen) atoms. The molecule has 4 aromatic rings. The summed E-state index contributed by atoms with van der Waals surface area (Å²) in [6.07, 6.45) is 11.2. The van der Waals surface area contributed by atoms with Gasteiger partial charge in [-0.25, -0.2) is 9.50 Å². The molecule has 0 saturated carbocycles. The zero-order valence-corrected chi connectivity index (χ0v) is 19.9. The molecule has 1 fully saturated rings. The monoisotopic (exact) mass is 470 g/mol. The summed E-state index contributed by atoms with van der Waals surface area (Å²) in [7, 11) is 1.64. The first-order valence-electron chi connectivity index (χ1n) is 12.1. The van der Waals surface area contributed by atoms with Gasteiger partial charge in [-0.2, -0.15) is 5.10 Å². The molecule has 1 N–H and O–H groups in total. The number of anilines is 1. The number of hydrogen-bond acceptors (Lipinski definition) is 6. The molecule has 8 nitrogen and oxygen atoms in total. The average Bonchev–Trinajstić information content (AvgIpc) is 3.25. The quantitative estimate of drug-likeness (QED) is 0.435. The number of methoxy groups -OCH3 is 1. The van der Waals surface area contributed by atoms with E-state index < -0.39 is 0 Å². The summed E-state index contributed by atoms with van der Waals surface area (Å²) in [5.74, 6) is 1.29. The number of pyridine rings is 1. The van der Waals surface area contributed by atoms with Crippen LogP contribution in [0.15, 0.2) is 67.3 Å². The Labute approximate surface area is 205 Å². The maximum Gasteiger partial charge on any atom is 0.253 e. The molecule has 0 spiro atoms. The molecule has 4 heterocycles. The van der Waals surface area contributed by atoms with Crippen LogP contribution in [-0.4, -0.2) is 50.6 Å². The maximum absolute atomic E-state index is 13.4. The highest BCUT2D eigenvalue weighted by Gasteiger charge is 2.23. The van der Waals surface area contributed by atoms with Gasteiger partial charge < -0.3 is 15.0 Å². The smallest absolute Gasteiger partial charge is 0.253 e. The van der Waals surface area contributed by atoms with Crippen LogP contribution in [0.25, 0.3) is 5.65 Å². The highest BCUT2D eigenvalue weighted by atomic mass is 16.5. The molecule has 1 atom stereocenters. The number of hydrogen-bond donors (Lipinski definition) is 1. The molecule has 0 aliphatic carbocycles. The van der Waals surface area contributed by atoms with Crippen molar-refractivity contribution in [2.24, 2.45) is 5.92 Å². The van der Waals surface area contributed by atoms with E-state index >= 15 is 0 Å². The first-order valence-corrected chi connectivity index (χ1v) is 12.1. The third kappa shape index (κ3) is 5.42. The van der Waals surface area contributed by atoms with Crippen LogP contribution in [0.2, 0.25) is 0 Å². The lowest BCUT2D eigenvalue weighted by Crippen LogP contribution is -2.32. The molecule has 0 radical (unpaired) electrons. The summed E-state index contributed by atoms with van der Waals surface area (Å²) in [4.78, 5) is 23.8. The Morgan fingerprint density at radius 1 is 1.14 bits per heavy atom. The fraction of sp³-hybridized carbons (Fsp3) is 0.333. The first-order chi connectivity index (χ1) is 17.2. The third-order valence-electron chi connectivity index (χ3n) is 6.60. The molecule has 0 unspecified atom stereocenters. The fourth-order valence-electron chi connectivity index (χ4n) is 4.69. The van der Waals surface area contributed by atoms with Crippen molar-refractivity contribution < 1.29 is 9.53 Å². The van der Waals surface area contributed by atoms with Crippen molar-refractivity contribution >= 4 is 17.2 Å². The highest BCUT2D eigenvalue weighted by Crippen LogP contribution is 2.28. The van der Waals surface area contributed by atoms with Crippen LogP contribution in [0.3, 0.4) is 0 Å². The van der Waals surface area contributed by atoms with E-state index in [1.165, 1.54) is 0 Å². The number of nitrogens with one attached hydrogen (secondary N) is 1. The van der Waals surface area contributed by atoms with Crippen molar-refractivity contribution in [2.75, 3.05) is 25.5 Å². The highest BCUT2D eigenvalue weighted by molar-refractivity contribution is 5.95. The lowest BCUT2D eigenvalue weighted by Gasteiger charge is -2.22. The van der Waals surface area contributed by atoms with Crippen LogP contribution in [0.5, 0.6) is 5.75 Å². The molecule has 5 rings (SSSR count). The van der Waals surface area contributed by atoms with Crippen LogP contribution in [0.4, 0.5) is 5.69 Å². The van der Waals surface area contributed by atoms with Gasteiger partial charge in [-0.1, -0.05) is 6.07 Å². The van der Waals surface area contributed by atoms with Gasteiger partial charge in [0.2, 0.25) is 0 Å². The van der Waals surface area contributed by atoms with Crippen molar-refractivity contribution in [3.05, 3.63) is 84.1 Å². The Bertz CT molecular complexity index is 1290. The number of ether oxygens (including phenoxy) is 1. The molecule has 1 aromatic carbocycles. The number of carbonyl (C=O) groups excluding carboxylic acids is 1. The molecule has 0 bridgehead atoms. The summed E-state index contributed by atoms with van der Waals surface area (Å²) in [5.41, 5.74) is 4.47. The van der Waals surface area contributed by atoms with Gasteiger partial charge in [0.25, 0.3) is 5.91 Å². The van der Waals surface area contributed by atoms with Gasteiger partial charge in [0.1, 0.15) is 5.75 Å². The Hall–Kier alpha value is -3.94. The largest absolute Gasteiger partial charge is 0.495 e. The number of likely N-dealkylation sites (tertiary alicyclic amines) is 1. The minimum Gasteiger partial charge on any atom is -0.495 e. The maximum atomic E-state index is 13.4. The Morgan fingerprint density at radius 3 is 2.94 bits per heavy atom. The second kappa shape index (κ2) is 10.5. The van der Waals surface area contributed by atoms with E-state index in [1.807, 2.05) is 58.2 Å². The molecular formula is C27H30N6O2. The molecule has 1 aliphatic rings. The number of fused-ring (bicyclic) bond motifs is 1. The van der Waals surface area contributed by atoms with Crippen LogP contribution in [-0.2, 0) is 13.0 Å². The van der Waals surface area contributed by atoms with Crippen molar-refractivity contribution in [1.29, 1.82) is 0 Å². The number of amides is 1. The van der Waals surface area contributed by atoms with Gasteiger partial charge in [0.05, 0.1) is 18.5 Å². The zero-order chi connectivity index (χ0) is 24.0. The molecule has 1 aliphatic heterocycles. The third-order valence-corrected chi connectivity index (χ3v) is 6.60. The summed E-state index contributed by atoms with van der Waals surface area (Å²) < 4.78 is 7.34. The van der Waals surface area contributed by atoms with Crippen LogP contribution < -0.4 is 10.1 Å². The molecule has 1 saturated heterocycles. The molecule has 3 aromatic heterocycles. The van der Waals surface area contributed by atoms with Gasteiger partial charge >= 0.3 is 0 Å². The number of carbonyl (C=O) groups is 1. The molecule has 180 valence electrons. The van der Waals surface area contributed by atoms with Gasteiger partial charge in [-0.15, -0.1) is 0 Å². The SMILES string of the molecule is COc1ccc(C(=O)N2CCC[C@@H](Cc3ccc4nccn4n3)CC2)cc1NCc1cccnc1. The predicted octanol–water partition coefficient (Wildman–Crippen LogP) is 4.23. The van der Waals surface area contributed by atoms with Gasteiger partial charge in [-0.3, -0.25) is 9.78 Å². The van der Waals surface area contributed by atoms with Crippen molar-refractivity contribution in [3.63, 3.8) is 0 Å². The van der Waals surface area contributed by atoms with Crippen molar-refractivity contribution in [1.82, 2.24) is 24.5 Å². The van der Waals surface area contributed by atoms with E-state index in [9.17, 15) is 4.79 Å². The number of imidazole rings is 1. The average molecular weight is 471 g/mol. The normalized spacial score (nSPS) is 16.1. The minimum absolute atomic E-state index is 0.0655. The van der Waals surface area contributed by atoms with Crippen molar-refractivity contribution in [2.45, 2.75) is 32.2 Å². The lowest BCUT2D eigenvalue weighted by molar-refractivity contribution is 0.0760. The molecule has 8 heteroatoms. The Morgan fingerprint density at radius 2 is 2.09 bits per heavy atom. The second-order valence-electron chi connectivity index (χ2n) is 8.98. The van der Waals surface area contributed by atoms with E-state index in [1.54, 1.807) is 19.5 Å². The number of benzene rings is 1. The van der Waals surface area contributed by atoms with Gasteiger partial charge in [-0.05, 0) is 73.6 Å². The molecular weight excluding hydrogens is 440 g/mol. The van der Waals surface area contributed by atoms with Crippen LogP contribution in [0, 0.1) is 5.92 Å². The van der Waals surface area contributed by atoms with Gasteiger partial charge in [0.15, 0.2) is 5.65 Å². The number of nitrogens with zero attached hydrogens (tertiary/aromatic N) is 5. The predicted molar refractivity (Wildman–Crippen MR) is 134 cm³/mol. The summed E-state index contributed by atoms with van der Waals surface area (Å²) in [6, 6.07) is 13.6. The summed E-state index contributed by atoms with van der Waals surface area (Å²) in [6.45, 7) is 2.13. The van der Waals surface area contributed by atoms with Crippen LogP contribution in [0.1, 0.15) is 40.9 Å². The minimum atomic E-state index is 0.0655. The lowest BCUT2D eigenvalue weighted by atomic mass is 9.95. The molecule has 1 amide bonds. The fourth-order valence-corrected chi connectivity index (χ4v) is 4.69. The van der Waals surface area contributed by atoms with E-state index in [0.29, 0.717) is 23.8 Å². The number of aromatic nitrogens is 4. The standard InChI is InChI=1S/C27H30N6O2/c1-35-25-8-6-22(17-24(25)30-19-21-4-2-11-28-18-21)27(34)32-13-3-5-20(10-14-32)16-23-7-9-26-29-12-15-33(26)31-23/h2,4,6-9,11-12,15,17-18,20,30H,3,5,10,13-14,16,19H2,1H3/t20-/m1/s1. The van der Waals surface area contributed by atoms with E-state index in [2.05, 4.69) is 26.4 Å². The first kappa shape index (κ1) is 22.8. The van der Waals surface area contributed by atoms with E-state index in [-0.39, 0.29) is 5.91 Å². The number of rotatable bonds is 7. The summed E-state index contributed by atoms with van der Waals surface area (Å²) >= 11 is 0. The van der Waals surface area contributed by atoms with Crippen LogP contribution >= 0.6 is 0 Å². The van der Waals surface area contributed by atoms with E-state index in [0.717, 1.165) is 61.4 Å². The summed E-state index contributed by atoms with van der Waals surface area (Å²) in [5, 5.41) is 8.06. The Balaban J connectivity index is 1.23. The van der Waals surface area contributed by atoms with Gasteiger partial charge in [0, 0.05) is 50.0 Å². The van der Waals surface area contributed by atoms with E-state index in [4.69, 9.17) is 4.74 Å². The second-order valence-corrected chi connectivity index (χ2v) is 8.98. The zero-order valence-electron chi connectivity index (χ0n) is 19.9. The Kier molecular flexibility index (Phi) is 6.88. The van der Waals surface area contributed by atoms with Crippen molar-refractivity contribution in [3.8, 4) is 5.75 Å².